The van der Waals surface area contributed by atoms with Gasteiger partial charge in [-0.15, -0.1) is 0 Å². The molecule has 0 saturated carbocycles. The molecule has 122 valence electrons. The van der Waals surface area contributed by atoms with Crippen LogP contribution in [-0.2, 0) is 18.6 Å². The Morgan fingerprint density at radius 2 is 1.15 bits per heavy atom. The Morgan fingerprint density at radius 1 is 0.750 bits per heavy atom. The lowest BCUT2D eigenvalue weighted by Gasteiger charge is -2.36. The van der Waals surface area contributed by atoms with Gasteiger partial charge in [0.05, 0.1) is 46.2 Å². The van der Waals surface area contributed by atoms with Crippen molar-refractivity contribution in [3.8, 4) is 0 Å². The molecule has 0 saturated heterocycles. The molecule has 0 unspecified atom stereocenters. The smallest absolute Gasteiger partial charge is 0.192 e. The Balaban J connectivity index is 3.33. The summed E-state index contributed by atoms with van der Waals surface area (Å²) in [6.07, 6.45) is 0. The minimum Gasteiger partial charge on any atom is -0.414 e. The summed E-state index contributed by atoms with van der Waals surface area (Å²) in [6.45, 7) is 16.0. The Morgan fingerprint density at radius 3 is 1.55 bits per heavy atom. The van der Waals surface area contributed by atoms with Crippen molar-refractivity contribution < 1.29 is 18.6 Å². The molecule has 0 aromatic carbocycles. The average Bonchev–Trinajstić information content (AvgIpc) is 2.34. The molecule has 0 aliphatic carbocycles. The summed E-state index contributed by atoms with van der Waals surface area (Å²) < 4.78 is 22.0. The first-order chi connectivity index (χ1) is 9.31. The van der Waals surface area contributed by atoms with E-state index in [1.807, 2.05) is 0 Å². The van der Waals surface area contributed by atoms with E-state index in [0.29, 0.717) is 52.8 Å². The third kappa shape index (κ3) is 9.85. The minimum atomic E-state index is -1.64. The molecule has 0 bridgehead atoms. The third-order valence-electron chi connectivity index (χ3n) is 3.50. The van der Waals surface area contributed by atoms with Crippen LogP contribution in [-0.4, -0.2) is 61.1 Å². The molecule has 0 aromatic heterocycles. The van der Waals surface area contributed by atoms with Gasteiger partial charge in [-0.3, -0.25) is 0 Å². The van der Waals surface area contributed by atoms with Crippen molar-refractivity contribution in [2.24, 2.45) is 5.73 Å². The van der Waals surface area contributed by atoms with Gasteiger partial charge in [0.2, 0.25) is 0 Å². The number of rotatable bonds is 12. The average molecular weight is 308 g/mol. The molecule has 2 N–H and O–H groups in total. The van der Waals surface area contributed by atoms with Crippen LogP contribution in [0.1, 0.15) is 20.8 Å². The van der Waals surface area contributed by atoms with Gasteiger partial charge in [-0.1, -0.05) is 20.8 Å². The van der Waals surface area contributed by atoms with Gasteiger partial charge in [-0.25, -0.2) is 0 Å². The molecule has 20 heavy (non-hydrogen) atoms. The van der Waals surface area contributed by atoms with Crippen LogP contribution < -0.4 is 5.73 Å². The van der Waals surface area contributed by atoms with E-state index in [0.717, 1.165) is 0 Å². The normalized spacial score (nSPS) is 12.9. The van der Waals surface area contributed by atoms with Gasteiger partial charge >= 0.3 is 0 Å². The Bertz CT molecular complexity index is 232. The molecule has 0 aliphatic rings. The maximum Gasteiger partial charge on any atom is 0.192 e. The van der Waals surface area contributed by atoms with Gasteiger partial charge in [0.1, 0.15) is 0 Å². The molecular formula is C14H33NO4Si. The summed E-state index contributed by atoms with van der Waals surface area (Å²) in [6, 6.07) is 0. The van der Waals surface area contributed by atoms with Gasteiger partial charge in [-0.2, -0.15) is 0 Å². The van der Waals surface area contributed by atoms with E-state index in [-0.39, 0.29) is 5.04 Å². The van der Waals surface area contributed by atoms with Crippen LogP contribution in [0.3, 0.4) is 0 Å². The highest BCUT2D eigenvalue weighted by atomic mass is 28.4. The zero-order valence-electron chi connectivity index (χ0n) is 13.9. The van der Waals surface area contributed by atoms with Crippen molar-refractivity contribution in [2.75, 3.05) is 52.8 Å². The highest BCUT2D eigenvalue weighted by Crippen LogP contribution is 2.36. The Hall–Kier alpha value is 0.0169. The van der Waals surface area contributed by atoms with Gasteiger partial charge in [0.25, 0.3) is 0 Å². The molecule has 0 spiro atoms. The number of hydrogen-bond donors (Lipinski definition) is 1. The summed E-state index contributed by atoms with van der Waals surface area (Å²) in [4.78, 5) is 0. The van der Waals surface area contributed by atoms with Gasteiger partial charge in [0, 0.05) is 6.54 Å². The highest BCUT2D eigenvalue weighted by molar-refractivity contribution is 6.74. The van der Waals surface area contributed by atoms with Gasteiger partial charge < -0.3 is 24.4 Å². The molecule has 0 atom stereocenters. The third-order valence-corrected chi connectivity index (χ3v) is 8.04. The molecule has 0 radical (unpaired) electrons. The molecule has 0 heterocycles. The van der Waals surface area contributed by atoms with E-state index >= 15 is 0 Å². The van der Waals surface area contributed by atoms with Gasteiger partial charge in [-0.05, 0) is 18.1 Å². The number of hydrogen-bond acceptors (Lipinski definition) is 5. The zero-order chi connectivity index (χ0) is 15.5. The summed E-state index contributed by atoms with van der Waals surface area (Å²) in [7, 11) is -1.64. The van der Waals surface area contributed by atoms with Crippen LogP contribution in [0.15, 0.2) is 0 Å². The molecule has 0 amide bonds. The second-order valence-corrected chi connectivity index (χ2v) is 11.0. The van der Waals surface area contributed by atoms with Crippen LogP contribution in [0.4, 0.5) is 0 Å². The summed E-state index contributed by atoms with van der Waals surface area (Å²) in [5.41, 5.74) is 5.30. The Kier molecular flexibility index (Phi) is 10.7. The first kappa shape index (κ1) is 20.0. The van der Waals surface area contributed by atoms with E-state index in [9.17, 15) is 0 Å². The topological polar surface area (TPSA) is 62.9 Å². The second kappa shape index (κ2) is 10.7. The fourth-order valence-electron chi connectivity index (χ4n) is 1.20. The lowest BCUT2D eigenvalue weighted by atomic mass is 10.2. The maximum atomic E-state index is 6.01. The monoisotopic (exact) mass is 307 g/mol. The largest absolute Gasteiger partial charge is 0.414 e. The molecule has 0 aliphatic heterocycles. The SMILES string of the molecule is CC(C)(C)[Si](C)(C)OCCOCCOCCOCCN. The number of nitrogens with two attached hydrogens (primary N) is 1. The molecule has 0 aromatic rings. The van der Waals surface area contributed by atoms with Crippen LogP contribution in [0.2, 0.25) is 18.1 Å². The van der Waals surface area contributed by atoms with Crippen molar-refractivity contribution in [1.29, 1.82) is 0 Å². The first-order valence-electron chi connectivity index (χ1n) is 7.38. The predicted octanol–water partition coefficient (Wildman–Crippen LogP) is 2.02. The zero-order valence-corrected chi connectivity index (χ0v) is 14.9. The second-order valence-electron chi connectivity index (χ2n) is 6.23. The van der Waals surface area contributed by atoms with Crippen molar-refractivity contribution in [2.45, 2.75) is 38.9 Å². The van der Waals surface area contributed by atoms with Crippen LogP contribution in [0.5, 0.6) is 0 Å². The summed E-state index contributed by atoms with van der Waals surface area (Å²) in [5.74, 6) is 0. The van der Waals surface area contributed by atoms with Crippen LogP contribution in [0.25, 0.3) is 0 Å². The lowest BCUT2D eigenvalue weighted by Crippen LogP contribution is -2.41. The van der Waals surface area contributed by atoms with Crippen molar-refractivity contribution in [3.63, 3.8) is 0 Å². The fourth-order valence-corrected chi connectivity index (χ4v) is 2.22. The quantitative estimate of drug-likeness (QED) is 0.441. The van der Waals surface area contributed by atoms with E-state index < -0.39 is 8.32 Å². The molecular weight excluding hydrogens is 274 g/mol. The minimum absolute atomic E-state index is 0.250. The molecule has 5 nitrogen and oxygen atoms in total. The highest BCUT2D eigenvalue weighted by Gasteiger charge is 2.36. The van der Waals surface area contributed by atoms with E-state index in [1.165, 1.54) is 0 Å². The summed E-state index contributed by atoms with van der Waals surface area (Å²) in [5, 5.41) is 0.250. The van der Waals surface area contributed by atoms with Crippen molar-refractivity contribution in [3.05, 3.63) is 0 Å². The Labute approximate surface area is 125 Å². The molecule has 0 fully saturated rings. The molecule has 0 rings (SSSR count). The van der Waals surface area contributed by atoms with E-state index in [2.05, 4.69) is 33.9 Å². The van der Waals surface area contributed by atoms with E-state index in [4.69, 9.17) is 24.4 Å². The first-order valence-corrected chi connectivity index (χ1v) is 10.3. The summed E-state index contributed by atoms with van der Waals surface area (Å²) >= 11 is 0. The van der Waals surface area contributed by atoms with Crippen LogP contribution >= 0.6 is 0 Å². The van der Waals surface area contributed by atoms with Crippen molar-refractivity contribution in [1.82, 2.24) is 0 Å². The van der Waals surface area contributed by atoms with Crippen LogP contribution in [0, 0.1) is 0 Å². The standard InChI is InChI=1S/C14H33NO4Si/c1-14(2,3)20(4,5)19-13-12-18-11-10-17-9-8-16-7-6-15/h6-13,15H2,1-5H3. The maximum absolute atomic E-state index is 6.01. The lowest BCUT2D eigenvalue weighted by molar-refractivity contribution is 0.00973. The van der Waals surface area contributed by atoms with E-state index in [1.54, 1.807) is 0 Å². The van der Waals surface area contributed by atoms with Gasteiger partial charge in [0.15, 0.2) is 8.32 Å². The fraction of sp³-hybridized carbons (Fsp3) is 1.00. The number of ether oxygens (including phenoxy) is 3. The predicted molar refractivity (Wildman–Crippen MR) is 84.7 cm³/mol. The van der Waals surface area contributed by atoms with Crippen molar-refractivity contribution >= 4 is 8.32 Å². The molecule has 6 heteroatoms.